The van der Waals surface area contributed by atoms with Crippen molar-refractivity contribution in [1.82, 2.24) is 0 Å². The first-order valence-electron chi connectivity index (χ1n) is 12.0. The number of unbranched alkanes of at least 4 members (excludes halogenated alkanes) is 4. The van der Waals surface area contributed by atoms with E-state index in [0.717, 1.165) is 32.1 Å². The maximum atomic E-state index is 12.3. The average molecular weight is 455 g/mol. The van der Waals surface area contributed by atoms with Crippen LogP contribution >= 0.6 is 0 Å². The van der Waals surface area contributed by atoms with E-state index in [1.807, 2.05) is 76.2 Å². The van der Waals surface area contributed by atoms with Crippen LogP contribution < -0.4 is 20.1 Å². The van der Waals surface area contributed by atoms with E-state index >= 15 is 0 Å². The van der Waals surface area contributed by atoms with Gasteiger partial charge in [-0.1, -0.05) is 43.5 Å². The molecule has 0 saturated heterocycles. The van der Waals surface area contributed by atoms with Gasteiger partial charge in [0.05, 0.1) is 23.6 Å². The van der Waals surface area contributed by atoms with Crippen LogP contribution in [0.4, 0.5) is 11.4 Å². The van der Waals surface area contributed by atoms with Gasteiger partial charge in [0.1, 0.15) is 11.5 Å². The zero-order chi connectivity index (χ0) is 24.1. The van der Waals surface area contributed by atoms with Gasteiger partial charge in [-0.15, -0.1) is 0 Å². The lowest BCUT2D eigenvalue weighted by atomic mass is 10.1. The van der Waals surface area contributed by atoms with Crippen LogP contribution in [0, 0.1) is 0 Å². The fourth-order valence-electron chi connectivity index (χ4n) is 3.38. The molecule has 2 aromatic carbocycles. The molecule has 2 rings (SSSR count). The van der Waals surface area contributed by atoms with Crippen LogP contribution in [0.25, 0.3) is 0 Å². The van der Waals surface area contributed by atoms with Crippen molar-refractivity contribution in [1.29, 1.82) is 0 Å². The number of ether oxygens (including phenoxy) is 2. The minimum atomic E-state index is -0.00327. The molecule has 33 heavy (non-hydrogen) atoms. The minimum absolute atomic E-state index is 0.00327. The summed E-state index contributed by atoms with van der Waals surface area (Å²) >= 11 is 0. The molecule has 2 aromatic rings. The third-order valence-electron chi connectivity index (χ3n) is 4.86. The summed E-state index contributed by atoms with van der Waals surface area (Å²) in [6.45, 7) is 7.84. The second-order valence-electron chi connectivity index (χ2n) is 8.69. The van der Waals surface area contributed by atoms with Gasteiger partial charge in [-0.3, -0.25) is 9.59 Å². The summed E-state index contributed by atoms with van der Waals surface area (Å²) < 4.78 is 11.5. The van der Waals surface area contributed by atoms with Crippen molar-refractivity contribution in [3.05, 3.63) is 48.5 Å². The fraction of sp³-hybridized carbons (Fsp3) is 0.481. The third-order valence-corrected chi connectivity index (χ3v) is 4.86. The van der Waals surface area contributed by atoms with Crippen LogP contribution in [0.5, 0.6) is 11.5 Å². The lowest BCUT2D eigenvalue weighted by molar-refractivity contribution is -0.117. The molecule has 0 spiro atoms. The Morgan fingerprint density at radius 1 is 0.636 bits per heavy atom. The number of anilines is 2. The average Bonchev–Trinajstić information content (AvgIpc) is 2.75. The molecule has 0 aromatic heterocycles. The highest BCUT2D eigenvalue weighted by Crippen LogP contribution is 2.26. The maximum absolute atomic E-state index is 12.3. The number of carbonyl (C=O) groups excluding carboxylic acids is 2. The van der Waals surface area contributed by atoms with Crippen molar-refractivity contribution in [2.24, 2.45) is 0 Å². The summed E-state index contributed by atoms with van der Waals surface area (Å²) in [5, 5.41) is 5.89. The summed E-state index contributed by atoms with van der Waals surface area (Å²) in [7, 11) is 0. The molecule has 0 aliphatic carbocycles. The van der Waals surface area contributed by atoms with Gasteiger partial charge in [0, 0.05) is 12.8 Å². The third kappa shape index (κ3) is 10.4. The summed E-state index contributed by atoms with van der Waals surface area (Å²) in [4.78, 5) is 24.5. The smallest absolute Gasteiger partial charge is 0.224 e. The Bertz CT molecular complexity index is 808. The molecule has 2 amide bonds. The van der Waals surface area contributed by atoms with Gasteiger partial charge < -0.3 is 20.1 Å². The molecule has 0 bridgehead atoms. The van der Waals surface area contributed by atoms with Gasteiger partial charge in [0.15, 0.2) is 0 Å². The fourth-order valence-corrected chi connectivity index (χ4v) is 3.38. The van der Waals surface area contributed by atoms with E-state index in [2.05, 4.69) is 10.6 Å². The normalized spacial score (nSPS) is 10.8. The quantitative estimate of drug-likeness (QED) is 0.317. The number of carbonyl (C=O) groups is 2. The summed E-state index contributed by atoms with van der Waals surface area (Å²) in [6.07, 6.45) is 5.62. The molecule has 0 saturated carbocycles. The van der Waals surface area contributed by atoms with Crippen LogP contribution in [0.3, 0.4) is 0 Å². The number of amides is 2. The first-order chi connectivity index (χ1) is 15.8. The van der Waals surface area contributed by atoms with Crippen LogP contribution in [-0.4, -0.2) is 24.0 Å². The lowest BCUT2D eigenvalue weighted by Gasteiger charge is -2.15. The molecule has 0 radical (unpaired) electrons. The first kappa shape index (κ1) is 26.2. The topological polar surface area (TPSA) is 76.7 Å². The van der Waals surface area contributed by atoms with Crippen molar-refractivity contribution in [2.45, 2.75) is 84.8 Å². The molecule has 180 valence electrons. The molecule has 6 heteroatoms. The second-order valence-corrected chi connectivity index (χ2v) is 8.69. The van der Waals surface area contributed by atoms with Gasteiger partial charge in [0.2, 0.25) is 11.8 Å². The van der Waals surface area contributed by atoms with E-state index in [1.165, 1.54) is 0 Å². The van der Waals surface area contributed by atoms with Gasteiger partial charge in [-0.25, -0.2) is 0 Å². The van der Waals surface area contributed by atoms with E-state index in [4.69, 9.17) is 9.47 Å². The Kier molecular flexibility index (Phi) is 11.3. The van der Waals surface area contributed by atoms with Crippen LogP contribution in [-0.2, 0) is 9.59 Å². The SMILES string of the molecule is CC(C)Oc1ccccc1NC(=O)CCCCCCCC(=O)Nc1ccccc1OC(C)C. The van der Waals surface area contributed by atoms with Crippen molar-refractivity contribution < 1.29 is 19.1 Å². The van der Waals surface area contributed by atoms with Gasteiger partial charge in [0.25, 0.3) is 0 Å². The monoisotopic (exact) mass is 454 g/mol. The van der Waals surface area contributed by atoms with Crippen LogP contribution in [0.1, 0.15) is 72.6 Å². The Labute approximate surface area is 198 Å². The standard InChI is InChI=1S/C27H38N2O4/c1-20(2)32-24-16-12-10-14-22(24)28-26(30)18-8-6-5-7-9-19-27(31)29-23-15-11-13-17-25(23)33-21(3)4/h10-17,20-21H,5-9,18-19H2,1-4H3,(H,28,30)(H,29,31). The van der Waals surface area contributed by atoms with E-state index in [0.29, 0.717) is 35.7 Å². The first-order valence-corrected chi connectivity index (χ1v) is 12.0. The molecular weight excluding hydrogens is 416 g/mol. The number of benzene rings is 2. The highest BCUT2D eigenvalue weighted by Gasteiger charge is 2.10. The number of hydrogen-bond acceptors (Lipinski definition) is 4. The van der Waals surface area contributed by atoms with E-state index < -0.39 is 0 Å². The number of rotatable bonds is 14. The number of para-hydroxylation sites is 4. The lowest BCUT2D eigenvalue weighted by Crippen LogP contribution is -2.14. The van der Waals surface area contributed by atoms with Gasteiger partial charge in [-0.05, 0) is 64.8 Å². The molecule has 0 fully saturated rings. The van der Waals surface area contributed by atoms with Crippen molar-refractivity contribution >= 4 is 23.2 Å². The Balaban J connectivity index is 1.60. The van der Waals surface area contributed by atoms with Gasteiger partial charge in [-0.2, -0.15) is 0 Å². The van der Waals surface area contributed by atoms with Crippen molar-refractivity contribution in [3.63, 3.8) is 0 Å². The minimum Gasteiger partial charge on any atom is -0.489 e. The maximum Gasteiger partial charge on any atom is 0.224 e. The second kappa shape index (κ2) is 14.2. The summed E-state index contributed by atoms with van der Waals surface area (Å²) in [6, 6.07) is 15.0. The van der Waals surface area contributed by atoms with E-state index in [1.54, 1.807) is 0 Å². The van der Waals surface area contributed by atoms with Crippen molar-refractivity contribution in [2.75, 3.05) is 10.6 Å². The Morgan fingerprint density at radius 3 is 1.39 bits per heavy atom. The highest BCUT2D eigenvalue weighted by atomic mass is 16.5. The molecule has 0 unspecified atom stereocenters. The molecule has 2 N–H and O–H groups in total. The predicted molar refractivity (Wildman–Crippen MR) is 134 cm³/mol. The molecule has 0 atom stereocenters. The predicted octanol–water partition coefficient (Wildman–Crippen LogP) is 6.57. The largest absolute Gasteiger partial charge is 0.489 e. The molecular formula is C27H38N2O4. The zero-order valence-corrected chi connectivity index (χ0v) is 20.4. The molecule has 0 aliphatic heterocycles. The Morgan fingerprint density at radius 2 is 1.00 bits per heavy atom. The highest BCUT2D eigenvalue weighted by molar-refractivity contribution is 5.92. The van der Waals surface area contributed by atoms with E-state index in [9.17, 15) is 9.59 Å². The molecule has 0 heterocycles. The van der Waals surface area contributed by atoms with E-state index in [-0.39, 0.29) is 24.0 Å². The summed E-state index contributed by atoms with van der Waals surface area (Å²) in [5.41, 5.74) is 1.42. The van der Waals surface area contributed by atoms with Gasteiger partial charge >= 0.3 is 0 Å². The summed E-state index contributed by atoms with van der Waals surface area (Å²) in [5.74, 6) is 1.38. The number of nitrogens with one attached hydrogen (secondary N) is 2. The van der Waals surface area contributed by atoms with Crippen LogP contribution in [0.15, 0.2) is 48.5 Å². The van der Waals surface area contributed by atoms with Crippen LogP contribution in [0.2, 0.25) is 0 Å². The Hall–Kier alpha value is -3.02. The number of hydrogen-bond donors (Lipinski definition) is 2. The molecule has 0 aliphatic rings. The molecule has 6 nitrogen and oxygen atoms in total. The van der Waals surface area contributed by atoms with Crippen molar-refractivity contribution in [3.8, 4) is 11.5 Å². The zero-order valence-electron chi connectivity index (χ0n) is 20.4.